The zero-order valence-corrected chi connectivity index (χ0v) is 7.93. The molecule has 1 heteroatoms. The third-order valence-electron chi connectivity index (χ3n) is 0.447. The Kier molecular flexibility index (Phi) is 2.75. The van der Waals surface area contributed by atoms with E-state index < -0.39 is 21.1 Å². The normalized spacial score (nSPS) is 10.6. The molecule has 38 valence electrons. The summed E-state index contributed by atoms with van der Waals surface area (Å²) in [5.41, 5.74) is 0. The quantitative estimate of drug-likeness (QED) is 0.411. The van der Waals surface area contributed by atoms with Crippen LogP contribution < -0.4 is 0 Å². The molecule has 0 rings (SSSR count). The molecule has 0 fully saturated rings. The molecule has 0 spiro atoms. The van der Waals surface area contributed by atoms with Crippen LogP contribution in [0.25, 0.3) is 0 Å². The van der Waals surface area contributed by atoms with Crippen molar-refractivity contribution in [2.75, 3.05) is 0 Å². The average Bonchev–Trinajstić information content (AvgIpc) is 1.30. The molecular weight excluding hydrogens is 191 g/mol. The zero-order valence-electron chi connectivity index (χ0n) is 5.08. The van der Waals surface area contributed by atoms with Crippen LogP contribution in [0.5, 0.6) is 0 Å². The first-order chi connectivity index (χ1) is 3.06. The summed E-state index contributed by atoms with van der Waals surface area (Å²) in [4.78, 5) is 0. The molecule has 0 aliphatic rings. The Balaban J connectivity index is 3.40. The van der Waals surface area contributed by atoms with Gasteiger partial charge in [-0.15, -0.1) is 0 Å². The van der Waals surface area contributed by atoms with E-state index in [4.69, 9.17) is 6.42 Å². The van der Waals surface area contributed by atoms with E-state index in [2.05, 4.69) is 24.7 Å². The fourth-order valence-corrected chi connectivity index (χ4v) is 1.45. The third kappa shape index (κ3) is 6.36. The molecule has 0 atom stereocenters. The van der Waals surface area contributed by atoms with Gasteiger partial charge in [-0.05, 0) is 0 Å². The van der Waals surface area contributed by atoms with Gasteiger partial charge in [0.1, 0.15) is 0 Å². The topological polar surface area (TPSA) is 0 Å². The van der Waals surface area contributed by atoms with Gasteiger partial charge in [-0.3, -0.25) is 0 Å². The van der Waals surface area contributed by atoms with E-state index in [1.165, 1.54) is 0 Å². The van der Waals surface area contributed by atoms with Crippen LogP contribution in [0.3, 0.4) is 0 Å². The van der Waals surface area contributed by atoms with Crippen molar-refractivity contribution in [2.45, 2.75) is 24.2 Å². The minimum atomic E-state index is -0.454. The molecule has 2 radical (unpaired) electrons. The van der Waals surface area contributed by atoms with Gasteiger partial charge in [-0.2, -0.15) is 0 Å². The zero-order chi connectivity index (χ0) is 5.91. The van der Waals surface area contributed by atoms with Gasteiger partial charge in [0.2, 0.25) is 0 Å². The summed E-state index contributed by atoms with van der Waals surface area (Å²) in [6.45, 7) is 6.62. The Bertz CT molecular complexity index is 81.3. The summed E-state index contributed by atoms with van der Waals surface area (Å²) in [5, 5.41) is 0. The molecule has 0 unspecified atom stereocenters. The molecule has 0 N–H and O–H groups in total. The van der Waals surface area contributed by atoms with Crippen molar-refractivity contribution in [3.8, 4) is 10.4 Å². The van der Waals surface area contributed by atoms with Crippen LogP contribution in [0.15, 0.2) is 0 Å². The van der Waals surface area contributed by atoms with Crippen LogP contribution in [0, 0.1) is 10.4 Å². The van der Waals surface area contributed by atoms with Crippen LogP contribution in [-0.4, -0.2) is 21.1 Å². The van der Waals surface area contributed by atoms with Crippen molar-refractivity contribution in [3.63, 3.8) is 0 Å². The number of rotatable bonds is 0. The van der Waals surface area contributed by atoms with Gasteiger partial charge in [0.25, 0.3) is 0 Å². The fraction of sp³-hybridized carbons (Fsp3) is 0.667. The van der Waals surface area contributed by atoms with Crippen LogP contribution in [0.4, 0.5) is 0 Å². The fourth-order valence-electron chi connectivity index (χ4n) is 0.217. The first kappa shape index (κ1) is 7.36. The second-order valence-electron chi connectivity index (χ2n) is 2.52. The molecule has 0 bridgehead atoms. The molecule has 0 aromatic carbocycles. The molecule has 0 aromatic rings. The Labute approximate surface area is 55.9 Å². The number of terminal acetylenes is 1. The van der Waals surface area contributed by atoms with Crippen molar-refractivity contribution < 1.29 is 0 Å². The first-order valence-electron chi connectivity index (χ1n) is 2.29. The van der Waals surface area contributed by atoms with E-state index in [0.29, 0.717) is 3.43 Å². The van der Waals surface area contributed by atoms with E-state index >= 15 is 0 Å². The molecule has 0 heterocycles. The van der Waals surface area contributed by atoms with Crippen LogP contribution in [0.2, 0.25) is 3.43 Å². The second-order valence-corrected chi connectivity index (χ2v) is 8.34. The van der Waals surface area contributed by atoms with Gasteiger partial charge in [-0.1, -0.05) is 0 Å². The van der Waals surface area contributed by atoms with E-state index in [0.717, 1.165) is 0 Å². The van der Waals surface area contributed by atoms with Gasteiger partial charge in [-0.25, -0.2) is 0 Å². The summed E-state index contributed by atoms with van der Waals surface area (Å²) < 4.78 is 3.26. The average molecular weight is 201 g/mol. The Hall–Kier alpha value is 0.359. The van der Waals surface area contributed by atoms with Gasteiger partial charge in [0.15, 0.2) is 0 Å². The molecular formula is C6H10Sn. The van der Waals surface area contributed by atoms with Gasteiger partial charge >= 0.3 is 55.7 Å². The third-order valence-corrected chi connectivity index (χ3v) is 3.00. The predicted molar refractivity (Wildman–Crippen MR) is 34.3 cm³/mol. The summed E-state index contributed by atoms with van der Waals surface area (Å²) >= 11 is -0.454. The summed E-state index contributed by atoms with van der Waals surface area (Å²) in [5.74, 6) is 0. The van der Waals surface area contributed by atoms with E-state index in [1.807, 2.05) is 0 Å². The molecule has 0 aliphatic carbocycles. The SMILES string of the molecule is C#[C][Sn][C](C)(C)C. The van der Waals surface area contributed by atoms with Crippen molar-refractivity contribution in [2.24, 2.45) is 0 Å². The minimum absolute atomic E-state index is 0.454. The molecule has 0 saturated carbocycles. The summed E-state index contributed by atoms with van der Waals surface area (Å²) in [6.07, 6.45) is 5.14. The van der Waals surface area contributed by atoms with Crippen molar-refractivity contribution in [3.05, 3.63) is 0 Å². The molecule has 0 aromatic heterocycles. The predicted octanol–water partition coefficient (Wildman–Crippen LogP) is 1.50. The van der Waals surface area contributed by atoms with Gasteiger partial charge in [0, 0.05) is 0 Å². The van der Waals surface area contributed by atoms with Crippen LogP contribution >= 0.6 is 0 Å². The molecule has 0 aliphatic heterocycles. The number of hydrogen-bond acceptors (Lipinski definition) is 0. The Morgan fingerprint density at radius 1 is 1.43 bits per heavy atom. The monoisotopic (exact) mass is 202 g/mol. The van der Waals surface area contributed by atoms with Gasteiger partial charge < -0.3 is 0 Å². The van der Waals surface area contributed by atoms with Crippen LogP contribution in [0.1, 0.15) is 20.8 Å². The van der Waals surface area contributed by atoms with Crippen LogP contribution in [-0.2, 0) is 0 Å². The molecule has 0 nitrogen and oxygen atoms in total. The number of hydrogen-bond donors (Lipinski definition) is 0. The maximum absolute atomic E-state index is 5.14. The van der Waals surface area contributed by atoms with E-state index in [-0.39, 0.29) is 0 Å². The van der Waals surface area contributed by atoms with Crippen molar-refractivity contribution in [1.29, 1.82) is 0 Å². The maximum atomic E-state index is 5.14. The van der Waals surface area contributed by atoms with Crippen molar-refractivity contribution in [1.82, 2.24) is 0 Å². The van der Waals surface area contributed by atoms with E-state index in [9.17, 15) is 0 Å². The standard InChI is InChI=1S/C4H9.C2H.Sn/c1-4(2)3;1-2;/h1-3H3;1H;. The molecule has 7 heavy (non-hydrogen) atoms. The molecule has 0 saturated heterocycles. The summed E-state index contributed by atoms with van der Waals surface area (Å²) in [6, 6.07) is 0. The van der Waals surface area contributed by atoms with Gasteiger partial charge in [0.05, 0.1) is 0 Å². The Morgan fingerprint density at radius 2 is 1.86 bits per heavy atom. The summed E-state index contributed by atoms with van der Waals surface area (Å²) in [7, 11) is 0. The second kappa shape index (κ2) is 2.61. The first-order valence-corrected chi connectivity index (χ1v) is 5.14. The van der Waals surface area contributed by atoms with E-state index in [1.54, 1.807) is 0 Å². The van der Waals surface area contributed by atoms with Crippen molar-refractivity contribution >= 4 is 21.1 Å². The molecule has 0 amide bonds. The Morgan fingerprint density at radius 3 is 1.86 bits per heavy atom.